The van der Waals surface area contributed by atoms with Gasteiger partial charge >= 0.3 is 5.97 Å². The normalized spacial score (nSPS) is 10.8. The van der Waals surface area contributed by atoms with Gasteiger partial charge in [0.1, 0.15) is 6.54 Å². The predicted octanol–water partition coefficient (Wildman–Crippen LogP) is 3.00. The molecule has 0 saturated heterocycles. The summed E-state index contributed by atoms with van der Waals surface area (Å²) in [4.78, 5) is 20.4. The van der Waals surface area contributed by atoms with E-state index in [0.29, 0.717) is 22.1 Å². The maximum Gasteiger partial charge on any atom is 0.322 e. The predicted molar refractivity (Wildman–Crippen MR) is 105 cm³/mol. The molecule has 9 nitrogen and oxygen atoms in total. The Morgan fingerprint density at radius 2 is 2.07 bits per heavy atom. The van der Waals surface area contributed by atoms with Gasteiger partial charge in [-0.3, -0.25) is 4.79 Å². The van der Waals surface area contributed by atoms with Crippen molar-refractivity contribution in [2.45, 2.75) is 0 Å². The van der Waals surface area contributed by atoms with E-state index in [9.17, 15) is 4.79 Å². The molecule has 140 valence electrons. The number of anilines is 1. The summed E-state index contributed by atoms with van der Waals surface area (Å²) >= 11 is 7.46. The fourth-order valence-corrected chi connectivity index (χ4v) is 3.35. The van der Waals surface area contributed by atoms with Crippen LogP contribution in [0.2, 0.25) is 5.02 Å². The summed E-state index contributed by atoms with van der Waals surface area (Å²) in [7, 11) is 0. The summed E-state index contributed by atoms with van der Waals surface area (Å²) < 4.78 is 1.57. The van der Waals surface area contributed by atoms with Crippen LogP contribution in [0.4, 0.5) is 5.95 Å². The molecular weight excluding hydrogens is 402 g/mol. The van der Waals surface area contributed by atoms with Gasteiger partial charge in [0.2, 0.25) is 5.95 Å². The van der Waals surface area contributed by atoms with Crippen LogP contribution in [0.3, 0.4) is 0 Å². The Hall–Kier alpha value is -3.37. The Morgan fingerprint density at radius 1 is 1.25 bits per heavy atom. The lowest BCUT2D eigenvalue weighted by atomic mass is 10.2. The zero-order chi connectivity index (χ0) is 19.5. The fraction of sp³-hybridized carbons (Fsp3) is 0.0588. The van der Waals surface area contributed by atoms with E-state index in [1.54, 1.807) is 35.1 Å². The molecule has 0 spiro atoms. The van der Waals surface area contributed by atoms with E-state index in [1.807, 2.05) is 17.5 Å². The molecular formula is C17H12ClN7O2S. The number of tetrazole rings is 1. The molecule has 0 saturated carbocycles. The number of carboxylic acid groups (broad SMARTS) is 1. The van der Waals surface area contributed by atoms with E-state index >= 15 is 0 Å². The first-order valence-electron chi connectivity index (χ1n) is 8.03. The SMILES string of the molecule is O=C(O)CNc1ncc(-c2nnnn2-c2ccc(Cl)cc2)c(-c2cccs2)n1. The lowest BCUT2D eigenvalue weighted by Gasteiger charge is -2.10. The first-order valence-corrected chi connectivity index (χ1v) is 9.29. The highest BCUT2D eigenvalue weighted by atomic mass is 35.5. The molecule has 0 aliphatic rings. The first-order chi connectivity index (χ1) is 13.6. The monoisotopic (exact) mass is 413 g/mol. The summed E-state index contributed by atoms with van der Waals surface area (Å²) in [5.74, 6) is -0.340. The average Bonchev–Trinajstić information content (AvgIpc) is 3.39. The number of carboxylic acids is 1. The van der Waals surface area contributed by atoms with Crippen LogP contribution in [0.5, 0.6) is 0 Å². The third-order valence-corrected chi connectivity index (χ3v) is 4.85. The van der Waals surface area contributed by atoms with Gasteiger partial charge in [-0.05, 0) is 46.1 Å². The van der Waals surface area contributed by atoms with Gasteiger partial charge in [-0.15, -0.1) is 16.4 Å². The van der Waals surface area contributed by atoms with Crippen LogP contribution in [0.25, 0.3) is 27.6 Å². The van der Waals surface area contributed by atoms with Crippen LogP contribution >= 0.6 is 22.9 Å². The van der Waals surface area contributed by atoms with Crippen molar-refractivity contribution in [1.29, 1.82) is 0 Å². The maximum atomic E-state index is 10.8. The molecule has 3 aromatic heterocycles. The molecule has 0 aliphatic carbocycles. The Balaban J connectivity index is 1.81. The van der Waals surface area contributed by atoms with E-state index in [-0.39, 0.29) is 12.5 Å². The standard InChI is InChI=1S/C17H12ClN7O2S/c18-10-3-5-11(6-4-10)25-16(22-23-24-25)12-8-19-17(20-9-14(26)27)21-15(12)13-2-1-7-28-13/h1-8H,9H2,(H,26,27)(H,19,20,21). The number of nitrogens with one attached hydrogen (secondary N) is 1. The summed E-state index contributed by atoms with van der Waals surface area (Å²) in [5, 5.41) is 26.1. The molecule has 11 heteroatoms. The number of aromatic nitrogens is 6. The third kappa shape index (κ3) is 3.68. The molecule has 4 aromatic rings. The van der Waals surface area contributed by atoms with Gasteiger partial charge in [0.15, 0.2) is 5.82 Å². The molecule has 2 N–H and O–H groups in total. The smallest absolute Gasteiger partial charge is 0.322 e. The minimum absolute atomic E-state index is 0.208. The Bertz CT molecular complexity index is 1110. The van der Waals surface area contributed by atoms with E-state index < -0.39 is 5.97 Å². The van der Waals surface area contributed by atoms with Crippen LogP contribution in [-0.2, 0) is 4.79 Å². The third-order valence-electron chi connectivity index (χ3n) is 3.72. The van der Waals surface area contributed by atoms with Gasteiger partial charge < -0.3 is 10.4 Å². The molecule has 0 atom stereocenters. The number of halogens is 1. The molecule has 0 bridgehead atoms. The zero-order valence-electron chi connectivity index (χ0n) is 14.2. The highest BCUT2D eigenvalue weighted by Crippen LogP contribution is 2.33. The summed E-state index contributed by atoms with van der Waals surface area (Å²) in [6.45, 7) is -0.286. The van der Waals surface area contributed by atoms with Crippen LogP contribution in [0.15, 0.2) is 48.0 Å². The van der Waals surface area contributed by atoms with Crippen LogP contribution in [-0.4, -0.2) is 47.8 Å². The molecule has 1 aromatic carbocycles. The Labute approximate surface area is 167 Å². The number of benzene rings is 1. The molecule has 28 heavy (non-hydrogen) atoms. The maximum absolute atomic E-state index is 10.8. The van der Waals surface area contributed by atoms with E-state index in [1.165, 1.54) is 11.3 Å². The van der Waals surface area contributed by atoms with Gasteiger partial charge in [-0.2, -0.15) is 4.68 Å². The quantitative estimate of drug-likeness (QED) is 0.495. The molecule has 4 rings (SSSR count). The van der Waals surface area contributed by atoms with Crippen molar-refractivity contribution in [3.8, 4) is 27.6 Å². The van der Waals surface area contributed by atoms with Crippen LogP contribution < -0.4 is 5.32 Å². The second kappa shape index (κ2) is 7.71. The van der Waals surface area contributed by atoms with Crippen LogP contribution in [0.1, 0.15) is 0 Å². The van der Waals surface area contributed by atoms with E-state index in [4.69, 9.17) is 16.7 Å². The lowest BCUT2D eigenvalue weighted by Crippen LogP contribution is -2.14. The number of hydrogen-bond acceptors (Lipinski definition) is 8. The van der Waals surface area contributed by atoms with Gasteiger partial charge in [0.05, 0.1) is 21.8 Å². The summed E-state index contributed by atoms with van der Waals surface area (Å²) in [6.07, 6.45) is 1.57. The van der Waals surface area contributed by atoms with Gasteiger partial charge in [-0.25, -0.2) is 9.97 Å². The van der Waals surface area contributed by atoms with Gasteiger partial charge in [0.25, 0.3) is 0 Å². The molecule has 0 unspecified atom stereocenters. The number of hydrogen-bond donors (Lipinski definition) is 2. The number of rotatable bonds is 6. The largest absolute Gasteiger partial charge is 0.480 e. The summed E-state index contributed by atoms with van der Waals surface area (Å²) in [6, 6.07) is 10.9. The van der Waals surface area contributed by atoms with Crippen molar-refractivity contribution < 1.29 is 9.90 Å². The minimum Gasteiger partial charge on any atom is -0.480 e. The Kier molecular flexibility index (Phi) is 4.96. The molecule has 0 fully saturated rings. The Morgan fingerprint density at radius 3 is 2.79 bits per heavy atom. The van der Waals surface area contributed by atoms with Crippen molar-refractivity contribution in [1.82, 2.24) is 30.2 Å². The summed E-state index contributed by atoms with van der Waals surface area (Å²) in [5.41, 5.74) is 1.95. The highest BCUT2D eigenvalue weighted by Gasteiger charge is 2.19. The van der Waals surface area contributed by atoms with E-state index in [2.05, 4.69) is 30.8 Å². The molecule has 0 radical (unpaired) electrons. The lowest BCUT2D eigenvalue weighted by molar-refractivity contribution is -0.134. The molecule has 3 heterocycles. The van der Waals surface area contributed by atoms with Crippen molar-refractivity contribution in [2.75, 3.05) is 11.9 Å². The minimum atomic E-state index is -1.00. The van der Waals surface area contributed by atoms with Crippen molar-refractivity contribution in [3.05, 3.63) is 53.0 Å². The van der Waals surface area contributed by atoms with Crippen molar-refractivity contribution in [3.63, 3.8) is 0 Å². The zero-order valence-corrected chi connectivity index (χ0v) is 15.7. The fourth-order valence-electron chi connectivity index (χ4n) is 2.50. The van der Waals surface area contributed by atoms with Gasteiger partial charge in [0, 0.05) is 11.2 Å². The van der Waals surface area contributed by atoms with Crippen molar-refractivity contribution >= 4 is 34.9 Å². The molecule has 0 aliphatic heterocycles. The second-order valence-electron chi connectivity index (χ2n) is 5.57. The highest BCUT2D eigenvalue weighted by molar-refractivity contribution is 7.13. The topological polar surface area (TPSA) is 119 Å². The number of thiophene rings is 1. The first kappa shape index (κ1) is 18.0. The van der Waals surface area contributed by atoms with E-state index in [0.717, 1.165) is 10.6 Å². The van der Waals surface area contributed by atoms with Gasteiger partial charge in [-0.1, -0.05) is 17.7 Å². The molecule has 0 amide bonds. The number of nitrogens with zero attached hydrogens (tertiary/aromatic N) is 6. The number of carbonyl (C=O) groups is 1. The van der Waals surface area contributed by atoms with Crippen molar-refractivity contribution in [2.24, 2.45) is 0 Å². The number of aliphatic carboxylic acids is 1. The average molecular weight is 414 g/mol. The second-order valence-corrected chi connectivity index (χ2v) is 6.96. The van der Waals surface area contributed by atoms with Crippen LogP contribution in [0, 0.1) is 0 Å².